The number of H-pyrrole nitrogens is 1. The van der Waals surface area contributed by atoms with Gasteiger partial charge in [0.15, 0.2) is 11.5 Å². The fourth-order valence-electron chi connectivity index (χ4n) is 1.87. The van der Waals surface area contributed by atoms with Crippen molar-refractivity contribution in [2.45, 2.75) is 6.42 Å². The van der Waals surface area contributed by atoms with Crippen LogP contribution in [0.3, 0.4) is 0 Å². The van der Waals surface area contributed by atoms with Gasteiger partial charge in [0.2, 0.25) is 6.79 Å². The molecule has 0 fully saturated rings. The molecule has 0 aliphatic carbocycles. The second-order valence-corrected chi connectivity index (χ2v) is 4.16. The third-order valence-electron chi connectivity index (χ3n) is 2.87. The average Bonchev–Trinajstić information content (AvgIpc) is 3.08. The van der Waals surface area contributed by atoms with Crippen molar-refractivity contribution in [3.05, 3.63) is 41.7 Å². The quantitative estimate of drug-likeness (QED) is 0.862. The van der Waals surface area contributed by atoms with E-state index in [1.807, 2.05) is 6.07 Å². The van der Waals surface area contributed by atoms with E-state index in [0.717, 1.165) is 12.1 Å². The number of fused-ring (bicyclic) bond motifs is 1. The van der Waals surface area contributed by atoms with E-state index in [1.54, 1.807) is 24.4 Å². The number of hydrogen-bond acceptors (Lipinski definition) is 4. The van der Waals surface area contributed by atoms with E-state index in [1.165, 1.54) is 0 Å². The second kappa shape index (κ2) is 5.01. The number of rotatable bonds is 4. The van der Waals surface area contributed by atoms with Crippen molar-refractivity contribution in [2.75, 3.05) is 13.3 Å². The first kappa shape index (κ1) is 11.6. The molecule has 2 aromatic rings. The summed E-state index contributed by atoms with van der Waals surface area (Å²) >= 11 is 0. The Morgan fingerprint density at radius 3 is 3.05 bits per heavy atom. The molecule has 1 aliphatic rings. The Hall–Kier alpha value is -2.50. The molecule has 3 rings (SSSR count). The molecule has 0 atom stereocenters. The van der Waals surface area contributed by atoms with E-state index >= 15 is 0 Å². The molecule has 98 valence electrons. The van der Waals surface area contributed by atoms with Gasteiger partial charge in [-0.3, -0.25) is 9.89 Å². The standard InChI is InChI=1S/C13H13N3O3/c17-13(14-5-3-10-4-6-15-16-10)9-1-2-11-12(7-9)19-8-18-11/h1-2,4,6-7H,3,5,8H2,(H,14,17)(H,15,16). The molecular weight excluding hydrogens is 246 g/mol. The molecule has 1 aromatic carbocycles. The highest BCUT2D eigenvalue weighted by atomic mass is 16.7. The van der Waals surface area contributed by atoms with E-state index in [9.17, 15) is 4.79 Å². The molecule has 0 bridgehead atoms. The van der Waals surface area contributed by atoms with Crippen LogP contribution in [0.4, 0.5) is 0 Å². The number of aromatic amines is 1. The van der Waals surface area contributed by atoms with Gasteiger partial charge in [-0.1, -0.05) is 0 Å². The van der Waals surface area contributed by atoms with Gasteiger partial charge in [-0.15, -0.1) is 0 Å². The number of carbonyl (C=O) groups excluding carboxylic acids is 1. The summed E-state index contributed by atoms with van der Waals surface area (Å²) < 4.78 is 10.4. The SMILES string of the molecule is O=C(NCCc1ccn[nH]1)c1ccc2c(c1)OCO2. The molecule has 2 N–H and O–H groups in total. The number of amides is 1. The summed E-state index contributed by atoms with van der Waals surface area (Å²) in [4.78, 5) is 11.9. The van der Waals surface area contributed by atoms with Crippen molar-refractivity contribution in [2.24, 2.45) is 0 Å². The minimum absolute atomic E-state index is 0.127. The molecule has 0 saturated carbocycles. The van der Waals surface area contributed by atoms with Crippen LogP contribution in [0.2, 0.25) is 0 Å². The van der Waals surface area contributed by atoms with Gasteiger partial charge >= 0.3 is 0 Å². The van der Waals surface area contributed by atoms with Gasteiger partial charge in [-0.25, -0.2) is 0 Å². The summed E-state index contributed by atoms with van der Waals surface area (Å²) in [7, 11) is 0. The van der Waals surface area contributed by atoms with Crippen molar-refractivity contribution >= 4 is 5.91 Å². The molecule has 0 unspecified atom stereocenters. The Balaban J connectivity index is 1.58. The number of ether oxygens (including phenoxy) is 2. The van der Waals surface area contributed by atoms with E-state index in [0.29, 0.717) is 23.6 Å². The Morgan fingerprint density at radius 1 is 1.32 bits per heavy atom. The normalized spacial score (nSPS) is 12.4. The maximum Gasteiger partial charge on any atom is 0.251 e. The van der Waals surface area contributed by atoms with Crippen molar-refractivity contribution in [3.63, 3.8) is 0 Å². The third-order valence-corrected chi connectivity index (χ3v) is 2.87. The van der Waals surface area contributed by atoms with Gasteiger partial charge in [0, 0.05) is 30.4 Å². The summed E-state index contributed by atoms with van der Waals surface area (Å²) in [6.45, 7) is 0.760. The molecule has 0 radical (unpaired) electrons. The largest absolute Gasteiger partial charge is 0.454 e. The maximum atomic E-state index is 11.9. The van der Waals surface area contributed by atoms with Crippen LogP contribution in [-0.4, -0.2) is 29.4 Å². The Morgan fingerprint density at radius 2 is 2.21 bits per heavy atom. The van der Waals surface area contributed by atoms with Crippen LogP contribution in [0.25, 0.3) is 0 Å². The Bertz CT molecular complexity index is 581. The van der Waals surface area contributed by atoms with Gasteiger partial charge in [0.25, 0.3) is 5.91 Å². The molecule has 0 spiro atoms. The maximum absolute atomic E-state index is 11.9. The Kier molecular flexibility index (Phi) is 3.06. The van der Waals surface area contributed by atoms with Gasteiger partial charge in [-0.05, 0) is 24.3 Å². The fourth-order valence-corrected chi connectivity index (χ4v) is 1.87. The first-order valence-corrected chi connectivity index (χ1v) is 5.99. The summed E-state index contributed by atoms with van der Waals surface area (Å²) in [6.07, 6.45) is 2.41. The lowest BCUT2D eigenvalue weighted by molar-refractivity contribution is 0.0953. The predicted molar refractivity (Wildman–Crippen MR) is 67.2 cm³/mol. The number of nitrogens with one attached hydrogen (secondary N) is 2. The molecule has 1 aliphatic heterocycles. The zero-order valence-corrected chi connectivity index (χ0v) is 10.2. The molecule has 0 saturated heterocycles. The number of aromatic nitrogens is 2. The second-order valence-electron chi connectivity index (χ2n) is 4.16. The van der Waals surface area contributed by atoms with Crippen LogP contribution in [-0.2, 0) is 6.42 Å². The summed E-state index contributed by atoms with van der Waals surface area (Å²) in [6, 6.07) is 7.03. The summed E-state index contributed by atoms with van der Waals surface area (Å²) in [5, 5.41) is 9.54. The van der Waals surface area contributed by atoms with Crippen LogP contribution in [0.15, 0.2) is 30.5 Å². The minimum Gasteiger partial charge on any atom is -0.454 e. The van der Waals surface area contributed by atoms with Crippen molar-refractivity contribution in [1.29, 1.82) is 0 Å². The van der Waals surface area contributed by atoms with Crippen LogP contribution < -0.4 is 14.8 Å². The number of benzene rings is 1. The molecule has 6 heteroatoms. The average molecular weight is 259 g/mol. The molecule has 1 amide bonds. The van der Waals surface area contributed by atoms with Crippen LogP contribution in [0.5, 0.6) is 11.5 Å². The van der Waals surface area contributed by atoms with Crippen LogP contribution >= 0.6 is 0 Å². The van der Waals surface area contributed by atoms with E-state index in [2.05, 4.69) is 15.5 Å². The van der Waals surface area contributed by atoms with Crippen LogP contribution in [0.1, 0.15) is 16.1 Å². The summed E-state index contributed by atoms with van der Waals surface area (Å²) in [5.41, 5.74) is 1.56. The van der Waals surface area contributed by atoms with Gasteiger partial charge in [0.05, 0.1) is 0 Å². The molecule has 6 nitrogen and oxygen atoms in total. The monoisotopic (exact) mass is 259 g/mol. The molecular formula is C13H13N3O3. The van der Waals surface area contributed by atoms with E-state index in [-0.39, 0.29) is 12.7 Å². The zero-order valence-electron chi connectivity index (χ0n) is 10.2. The highest BCUT2D eigenvalue weighted by Crippen LogP contribution is 2.32. The Labute approximate surface area is 109 Å². The van der Waals surface area contributed by atoms with E-state index in [4.69, 9.17) is 9.47 Å². The highest BCUT2D eigenvalue weighted by Gasteiger charge is 2.15. The van der Waals surface area contributed by atoms with Crippen LogP contribution in [0, 0.1) is 0 Å². The molecule has 2 heterocycles. The predicted octanol–water partition coefficient (Wildman–Crippen LogP) is 1.11. The molecule has 1 aromatic heterocycles. The smallest absolute Gasteiger partial charge is 0.251 e. The lowest BCUT2D eigenvalue weighted by Crippen LogP contribution is -2.25. The van der Waals surface area contributed by atoms with Crippen molar-refractivity contribution < 1.29 is 14.3 Å². The lowest BCUT2D eigenvalue weighted by atomic mass is 10.2. The topological polar surface area (TPSA) is 76.2 Å². The van der Waals surface area contributed by atoms with Crippen molar-refractivity contribution in [3.8, 4) is 11.5 Å². The zero-order chi connectivity index (χ0) is 13.1. The third kappa shape index (κ3) is 2.52. The van der Waals surface area contributed by atoms with Crippen molar-refractivity contribution in [1.82, 2.24) is 15.5 Å². The van der Waals surface area contributed by atoms with Gasteiger partial charge in [0.1, 0.15) is 0 Å². The first-order chi connectivity index (χ1) is 9.33. The fraction of sp³-hybridized carbons (Fsp3) is 0.231. The number of nitrogens with zero attached hydrogens (tertiary/aromatic N) is 1. The van der Waals surface area contributed by atoms with Gasteiger partial charge in [-0.2, -0.15) is 5.10 Å². The minimum atomic E-state index is -0.127. The highest BCUT2D eigenvalue weighted by molar-refractivity contribution is 5.94. The number of hydrogen-bond donors (Lipinski definition) is 2. The summed E-state index contributed by atoms with van der Waals surface area (Å²) in [5.74, 6) is 1.16. The van der Waals surface area contributed by atoms with E-state index < -0.39 is 0 Å². The van der Waals surface area contributed by atoms with Gasteiger partial charge < -0.3 is 14.8 Å². The molecule has 19 heavy (non-hydrogen) atoms. The lowest BCUT2D eigenvalue weighted by Gasteiger charge is -2.05. The number of carbonyl (C=O) groups is 1. The first-order valence-electron chi connectivity index (χ1n) is 5.99.